The Labute approximate surface area is 146 Å². The zero-order valence-electron chi connectivity index (χ0n) is 14.9. The van der Waals surface area contributed by atoms with Crippen LogP contribution in [0.3, 0.4) is 0 Å². The molecule has 0 aliphatic carbocycles. The van der Waals surface area contributed by atoms with Gasteiger partial charge < -0.3 is 9.80 Å². The number of aromatic nitrogens is 1. The summed E-state index contributed by atoms with van der Waals surface area (Å²) in [7, 11) is 0. The lowest BCUT2D eigenvalue weighted by atomic mass is 9.83. The van der Waals surface area contributed by atoms with Crippen molar-refractivity contribution in [2.45, 2.75) is 44.7 Å². The van der Waals surface area contributed by atoms with Gasteiger partial charge in [-0.15, -0.1) is 0 Å². The fourth-order valence-corrected chi connectivity index (χ4v) is 5.00. The van der Waals surface area contributed by atoms with Crippen LogP contribution in [0.15, 0.2) is 24.5 Å². The van der Waals surface area contributed by atoms with Gasteiger partial charge in [-0.3, -0.25) is 9.88 Å². The average Bonchev–Trinajstić information content (AvgIpc) is 2.65. The summed E-state index contributed by atoms with van der Waals surface area (Å²) in [6, 6.07) is 5.13. The molecule has 3 fully saturated rings. The molecule has 1 aromatic heterocycles. The molecule has 0 spiro atoms. The summed E-state index contributed by atoms with van der Waals surface area (Å²) in [6.07, 6.45) is 11.1. The number of pyridine rings is 1. The first-order chi connectivity index (χ1) is 11.9. The average molecular weight is 329 g/mol. The first kappa shape index (κ1) is 16.5. The molecule has 2 atom stereocenters. The van der Waals surface area contributed by atoms with Crippen molar-refractivity contribution >= 4 is 0 Å². The van der Waals surface area contributed by atoms with E-state index in [1.165, 1.54) is 83.5 Å². The molecule has 4 heterocycles. The van der Waals surface area contributed by atoms with Gasteiger partial charge in [-0.2, -0.15) is 0 Å². The monoisotopic (exact) mass is 328 g/mol. The van der Waals surface area contributed by atoms with Crippen LogP contribution in [0.2, 0.25) is 0 Å². The van der Waals surface area contributed by atoms with Crippen LogP contribution in [0.4, 0.5) is 0 Å². The molecule has 4 rings (SSSR count). The second-order valence-electron chi connectivity index (χ2n) is 7.94. The van der Waals surface area contributed by atoms with Gasteiger partial charge in [0.2, 0.25) is 0 Å². The maximum Gasteiger partial charge on any atom is 0.0312 e. The van der Waals surface area contributed by atoms with Crippen molar-refractivity contribution in [3.8, 4) is 0 Å². The standard InChI is InChI=1S/C20H32N4/c1-2-9-24-10-4-6-19(20(24)7-1)17-23-13-11-22(12-14-23)16-18-5-3-8-21-15-18/h3,5,8,15,19-20H,1-2,4,6-7,9-14,16-17H2/t19-,20+/m0/s1. The summed E-state index contributed by atoms with van der Waals surface area (Å²) in [5, 5.41) is 0. The van der Waals surface area contributed by atoms with E-state index >= 15 is 0 Å². The molecule has 0 bridgehead atoms. The SMILES string of the molecule is c1cncc(CN2CCN(C[C@@H]3CCCN4CCCC[C@H]34)CC2)c1. The van der Waals surface area contributed by atoms with Crippen molar-refractivity contribution in [3.05, 3.63) is 30.1 Å². The highest BCUT2D eigenvalue weighted by atomic mass is 15.3. The highest BCUT2D eigenvalue weighted by Gasteiger charge is 2.34. The first-order valence-corrected chi connectivity index (χ1v) is 9.96. The Bertz CT molecular complexity index is 496. The molecule has 1 aromatic rings. The molecular formula is C20H32N4. The van der Waals surface area contributed by atoms with E-state index < -0.39 is 0 Å². The maximum atomic E-state index is 4.24. The van der Waals surface area contributed by atoms with Crippen LogP contribution in [-0.4, -0.2) is 71.5 Å². The minimum absolute atomic E-state index is 0.890. The fourth-order valence-electron chi connectivity index (χ4n) is 5.00. The number of fused-ring (bicyclic) bond motifs is 1. The lowest BCUT2D eigenvalue weighted by Gasteiger charge is -2.46. The maximum absolute atomic E-state index is 4.24. The molecule has 0 N–H and O–H groups in total. The van der Waals surface area contributed by atoms with Crippen molar-refractivity contribution in [3.63, 3.8) is 0 Å². The third kappa shape index (κ3) is 3.98. The summed E-state index contributed by atoms with van der Waals surface area (Å²) in [5.74, 6) is 0.920. The largest absolute Gasteiger partial charge is 0.300 e. The fraction of sp³-hybridized carbons (Fsp3) is 0.750. The lowest BCUT2D eigenvalue weighted by Crippen LogP contribution is -2.53. The van der Waals surface area contributed by atoms with Crippen LogP contribution in [-0.2, 0) is 6.54 Å². The minimum Gasteiger partial charge on any atom is -0.300 e. The van der Waals surface area contributed by atoms with E-state index in [1.807, 2.05) is 18.5 Å². The van der Waals surface area contributed by atoms with E-state index in [9.17, 15) is 0 Å². The lowest BCUT2D eigenvalue weighted by molar-refractivity contribution is 0.0283. The summed E-state index contributed by atoms with van der Waals surface area (Å²) in [5.41, 5.74) is 1.34. The smallest absolute Gasteiger partial charge is 0.0312 e. The van der Waals surface area contributed by atoms with E-state index in [1.54, 1.807) is 0 Å². The Morgan fingerprint density at radius 1 is 0.917 bits per heavy atom. The van der Waals surface area contributed by atoms with Crippen LogP contribution in [0.5, 0.6) is 0 Å². The van der Waals surface area contributed by atoms with Gasteiger partial charge >= 0.3 is 0 Å². The van der Waals surface area contributed by atoms with Crippen LogP contribution >= 0.6 is 0 Å². The van der Waals surface area contributed by atoms with Gasteiger partial charge in [0.1, 0.15) is 0 Å². The number of rotatable bonds is 4. The molecule has 24 heavy (non-hydrogen) atoms. The molecule has 0 aromatic carbocycles. The van der Waals surface area contributed by atoms with Gasteiger partial charge in [-0.05, 0) is 56.3 Å². The van der Waals surface area contributed by atoms with Gasteiger partial charge in [0.05, 0.1) is 0 Å². The molecule has 3 aliphatic heterocycles. The van der Waals surface area contributed by atoms with Crippen LogP contribution in [0.25, 0.3) is 0 Å². The van der Waals surface area contributed by atoms with Crippen molar-refractivity contribution < 1.29 is 0 Å². The molecule has 3 saturated heterocycles. The van der Waals surface area contributed by atoms with Gasteiger partial charge in [0.15, 0.2) is 0 Å². The Kier molecular flexibility index (Phi) is 5.46. The molecule has 3 aliphatic rings. The van der Waals surface area contributed by atoms with E-state index in [0.717, 1.165) is 18.5 Å². The van der Waals surface area contributed by atoms with E-state index in [0.29, 0.717) is 0 Å². The number of piperazine rings is 1. The molecule has 132 valence electrons. The molecule has 0 radical (unpaired) electrons. The Hall–Kier alpha value is -0.970. The highest BCUT2D eigenvalue weighted by Crippen LogP contribution is 2.31. The second kappa shape index (κ2) is 7.94. The zero-order chi connectivity index (χ0) is 16.2. The number of hydrogen-bond donors (Lipinski definition) is 0. The van der Waals surface area contributed by atoms with E-state index in [-0.39, 0.29) is 0 Å². The predicted molar refractivity (Wildman–Crippen MR) is 97.9 cm³/mol. The zero-order valence-corrected chi connectivity index (χ0v) is 14.9. The minimum atomic E-state index is 0.890. The Morgan fingerprint density at radius 2 is 1.75 bits per heavy atom. The van der Waals surface area contributed by atoms with Crippen molar-refractivity contribution in [1.82, 2.24) is 19.7 Å². The van der Waals surface area contributed by atoms with Crippen molar-refractivity contribution in [2.24, 2.45) is 5.92 Å². The van der Waals surface area contributed by atoms with E-state index in [4.69, 9.17) is 0 Å². The van der Waals surface area contributed by atoms with Gasteiger partial charge in [0.25, 0.3) is 0 Å². The Balaban J connectivity index is 1.25. The molecule has 4 nitrogen and oxygen atoms in total. The number of nitrogens with zero attached hydrogens (tertiary/aromatic N) is 4. The molecule has 4 heteroatoms. The molecular weight excluding hydrogens is 296 g/mol. The topological polar surface area (TPSA) is 22.6 Å². The number of piperidine rings is 2. The van der Waals surface area contributed by atoms with Gasteiger partial charge in [-0.25, -0.2) is 0 Å². The second-order valence-corrected chi connectivity index (χ2v) is 7.94. The first-order valence-electron chi connectivity index (χ1n) is 9.96. The number of hydrogen-bond acceptors (Lipinski definition) is 4. The molecule has 0 amide bonds. The third-order valence-corrected chi connectivity index (χ3v) is 6.32. The van der Waals surface area contributed by atoms with Crippen molar-refractivity contribution in [1.29, 1.82) is 0 Å². The van der Waals surface area contributed by atoms with E-state index in [2.05, 4.69) is 25.8 Å². The van der Waals surface area contributed by atoms with Crippen molar-refractivity contribution in [2.75, 3.05) is 45.8 Å². The normalized spacial score (nSPS) is 30.2. The summed E-state index contributed by atoms with van der Waals surface area (Å²) in [6.45, 7) is 10.0. The summed E-state index contributed by atoms with van der Waals surface area (Å²) >= 11 is 0. The molecule has 0 saturated carbocycles. The van der Waals surface area contributed by atoms with Crippen LogP contribution in [0.1, 0.15) is 37.7 Å². The Morgan fingerprint density at radius 3 is 2.58 bits per heavy atom. The van der Waals surface area contributed by atoms with Crippen LogP contribution in [0, 0.1) is 5.92 Å². The third-order valence-electron chi connectivity index (χ3n) is 6.32. The molecule has 0 unspecified atom stereocenters. The quantitative estimate of drug-likeness (QED) is 0.847. The van der Waals surface area contributed by atoms with Crippen LogP contribution < -0.4 is 0 Å². The summed E-state index contributed by atoms with van der Waals surface area (Å²) in [4.78, 5) is 12.4. The predicted octanol–water partition coefficient (Wildman–Crippen LogP) is 2.46. The summed E-state index contributed by atoms with van der Waals surface area (Å²) < 4.78 is 0. The highest BCUT2D eigenvalue weighted by molar-refractivity contribution is 5.08. The van der Waals surface area contributed by atoms with Gasteiger partial charge in [-0.1, -0.05) is 12.5 Å². The van der Waals surface area contributed by atoms with Gasteiger partial charge in [0, 0.05) is 57.7 Å².